The maximum atomic E-state index is 13.7. The van der Waals surface area contributed by atoms with E-state index in [0.29, 0.717) is 20.6 Å². The maximum absolute atomic E-state index is 13.7. The SMILES string of the molecule is CCOC(=O)C1=C(C)N=c2sc(=Cc3ccc(Br)cc3)c(=O)n2C1c1ccc(OC(C)=O)c(OC)c1. The van der Waals surface area contributed by atoms with Gasteiger partial charge in [0, 0.05) is 11.4 Å². The minimum atomic E-state index is -0.812. The first-order valence-electron chi connectivity index (χ1n) is 11.0. The molecule has 36 heavy (non-hydrogen) atoms. The van der Waals surface area contributed by atoms with E-state index in [9.17, 15) is 14.4 Å². The number of hydrogen-bond donors (Lipinski definition) is 0. The van der Waals surface area contributed by atoms with E-state index < -0.39 is 18.0 Å². The Morgan fingerprint density at radius 3 is 2.53 bits per heavy atom. The summed E-state index contributed by atoms with van der Waals surface area (Å²) >= 11 is 4.66. The first kappa shape index (κ1) is 25.6. The van der Waals surface area contributed by atoms with Crippen molar-refractivity contribution in [3.63, 3.8) is 0 Å². The fourth-order valence-corrected chi connectivity index (χ4v) is 5.22. The van der Waals surface area contributed by atoms with Crippen LogP contribution < -0.4 is 24.4 Å². The Hall–Kier alpha value is -3.50. The highest BCUT2D eigenvalue weighted by molar-refractivity contribution is 9.10. The number of halogens is 1. The lowest BCUT2D eigenvalue weighted by atomic mass is 9.95. The highest BCUT2D eigenvalue weighted by atomic mass is 79.9. The van der Waals surface area contributed by atoms with Crippen molar-refractivity contribution < 1.29 is 23.8 Å². The number of hydrogen-bond acceptors (Lipinski definition) is 8. The van der Waals surface area contributed by atoms with Gasteiger partial charge in [0.2, 0.25) is 0 Å². The Balaban J connectivity index is 1.94. The summed E-state index contributed by atoms with van der Waals surface area (Å²) in [6.07, 6.45) is 1.79. The van der Waals surface area contributed by atoms with E-state index in [1.807, 2.05) is 24.3 Å². The topological polar surface area (TPSA) is 96.2 Å². The van der Waals surface area contributed by atoms with Crippen LogP contribution in [-0.2, 0) is 14.3 Å². The highest BCUT2D eigenvalue weighted by Crippen LogP contribution is 2.36. The fraction of sp³-hybridized carbons (Fsp3) is 0.231. The molecule has 0 fully saturated rings. The van der Waals surface area contributed by atoms with E-state index in [4.69, 9.17) is 14.2 Å². The lowest BCUT2D eigenvalue weighted by molar-refractivity contribution is -0.139. The molecule has 0 radical (unpaired) electrons. The Kier molecular flexibility index (Phi) is 7.56. The fourth-order valence-electron chi connectivity index (χ4n) is 3.91. The van der Waals surface area contributed by atoms with E-state index in [2.05, 4.69) is 20.9 Å². The zero-order chi connectivity index (χ0) is 26.0. The molecule has 1 aliphatic heterocycles. The molecule has 0 spiro atoms. The predicted molar refractivity (Wildman–Crippen MR) is 139 cm³/mol. The van der Waals surface area contributed by atoms with Gasteiger partial charge in [0.15, 0.2) is 16.3 Å². The van der Waals surface area contributed by atoms with Gasteiger partial charge in [-0.05, 0) is 55.3 Å². The molecule has 1 aromatic heterocycles. The smallest absolute Gasteiger partial charge is 0.338 e. The lowest BCUT2D eigenvalue weighted by Crippen LogP contribution is -2.40. The molecular weight excluding hydrogens is 548 g/mol. The predicted octanol–water partition coefficient (Wildman–Crippen LogP) is 3.49. The number of ether oxygens (including phenoxy) is 3. The van der Waals surface area contributed by atoms with Gasteiger partial charge in [-0.3, -0.25) is 14.2 Å². The largest absolute Gasteiger partial charge is 0.493 e. The van der Waals surface area contributed by atoms with Crippen LogP contribution in [-0.4, -0.2) is 30.2 Å². The number of benzene rings is 2. The molecule has 0 saturated heterocycles. The summed E-state index contributed by atoms with van der Waals surface area (Å²) in [4.78, 5) is 43.2. The maximum Gasteiger partial charge on any atom is 0.338 e. The Bertz CT molecular complexity index is 1550. The molecule has 3 aromatic rings. The van der Waals surface area contributed by atoms with Crippen molar-refractivity contribution in [3.8, 4) is 11.5 Å². The number of carbonyl (C=O) groups is 2. The molecule has 10 heteroatoms. The molecule has 1 aliphatic rings. The van der Waals surface area contributed by atoms with Crippen molar-refractivity contribution in [1.82, 2.24) is 4.57 Å². The van der Waals surface area contributed by atoms with Gasteiger partial charge >= 0.3 is 11.9 Å². The van der Waals surface area contributed by atoms with Crippen molar-refractivity contribution in [2.45, 2.75) is 26.8 Å². The summed E-state index contributed by atoms with van der Waals surface area (Å²) < 4.78 is 18.9. The molecule has 1 atom stereocenters. The van der Waals surface area contributed by atoms with Crippen LogP contribution in [0.15, 0.2) is 68.0 Å². The zero-order valence-corrected chi connectivity index (χ0v) is 22.4. The number of methoxy groups -OCH3 is 1. The number of allylic oxidation sites excluding steroid dienone is 1. The number of nitrogens with zero attached hydrogens (tertiary/aromatic N) is 2. The second-order valence-corrected chi connectivity index (χ2v) is 9.78. The second kappa shape index (κ2) is 10.6. The first-order chi connectivity index (χ1) is 17.2. The van der Waals surface area contributed by atoms with Gasteiger partial charge in [-0.15, -0.1) is 0 Å². The number of esters is 2. The Morgan fingerprint density at radius 2 is 1.89 bits per heavy atom. The van der Waals surface area contributed by atoms with Gasteiger partial charge < -0.3 is 14.2 Å². The summed E-state index contributed by atoms with van der Waals surface area (Å²) in [5.74, 6) is -0.536. The van der Waals surface area contributed by atoms with Gasteiger partial charge in [0.05, 0.1) is 35.6 Å². The third-order valence-corrected chi connectivity index (χ3v) is 6.95. The van der Waals surface area contributed by atoms with E-state index in [1.165, 1.54) is 29.9 Å². The molecule has 186 valence electrons. The van der Waals surface area contributed by atoms with Crippen LogP contribution in [0.2, 0.25) is 0 Å². The molecule has 2 aromatic carbocycles. The molecule has 0 bridgehead atoms. The van der Waals surface area contributed by atoms with Crippen LogP contribution in [0.4, 0.5) is 0 Å². The highest BCUT2D eigenvalue weighted by Gasteiger charge is 2.34. The zero-order valence-electron chi connectivity index (χ0n) is 20.0. The second-order valence-electron chi connectivity index (χ2n) is 7.86. The summed E-state index contributed by atoms with van der Waals surface area (Å²) in [5.41, 5.74) is 1.86. The first-order valence-corrected chi connectivity index (χ1v) is 12.7. The van der Waals surface area contributed by atoms with Crippen molar-refractivity contribution in [2.75, 3.05) is 13.7 Å². The Labute approximate surface area is 219 Å². The van der Waals surface area contributed by atoms with Crippen LogP contribution in [0.3, 0.4) is 0 Å². The number of fused-ring (bicyclic) bond motifs is 1. The minimum absolute atomic E-state index is 0.172. The number of carbonyl (C=O) groups excluding carboxylic acids is 2. The van der Waals surface area contributed by atoms with Crippen molar-refractivity contribution in [2.24, 2.45) is 4.99 Å². The molecular formula is C26H23BrN2O6S. The molecule has 0 saturated carbocycles. The van der Waals surface area contributed by atoms with Crippen molar-refractivity contribution in [1.29, 1.82) is 0 Å². The standard InChI is InChI=1S/C26H23BrN2O6S/c1-5-34-25(32)22-14(2)28-26-29(24(31)21(36-26)12-16-6-9-18(27)10-7-16)23(22)17-8-11-19(35-15(3)30)20(13-17)33-4/h6-13,23H,5H2,1-4H3. The van der Waals surface area contributed by atoms with Gasteiger partial charge in [-0.2, -0.15) is 0 Å². The van der Waals surface area contributed by atoms with Gasteiger partial charge in [-0.1, -0.05) is 45.5 Å². The van der Waals surface area contributed by atoms with E-state index >= 15 is 0 Å². The number of thiazole rings is 1. The summed E-state index contributed by atoms with van der Waals surface area (Å²) in [6, 6.07) is 11.7. The van der Waals surface area contributed by atoms with Gasteiger partial charge in [0.25, 0.3) is 5.56 Å². The van der Waals surface area contributed by atoms with Gasteiger partial charge in [-0.25, -0.2) is 9.79 Å². The minimum Gasteiger partial charge on any atom is -0.493 e. The van der Waals surface area contributed by atoms with Crippen molar-refractivity contribution in [3.05, 3.63) is 89.0 Å². The van der Waals surface area contributed by atoms with Crippen LogP contribution >= 0.6 is 27.3 Å². The normalized spacial score (nSPS) is 15.2. The number of rotatable bonds is 6. The van der Waals surface area contributed by atoms with E-state index in [0.717, 1.165) is 10.0 Å². The average molecular weight is 571 g/mol. The molecule has 1 unspecified atom stereocenters. The van der Waals surface area contributed by atoms with Crippen LogP contribution in [0.1, 0.15) is 37.9 Å². The molecule has 0 aliphatic carbocycles. The monoisotopic (exact) mass is 570 g/mol. The van der Waals surface area contributed by atoms with E-state index in [-0.39, 0.29) is 29.2 Å². The van der Waals surface area contributed by atoms with E-state index in [1.54, 1.807) is 38.1 Å². The summed E-state index contributed by atoms with van der Waals surface area (Å²) in [5, 5.41) is 0. The van der Waals surface area contributed by atoms with Gasteiger partial charge in [0.1, 0.15) is 0 Å². The molecule has 2 heterocycles. The van der Waals surface area contributed by atoms with Crippen LogP contribution in [0.5, 0.6) is 11.5 Å². The number of aromatic nitrogens is 1. The van der Waals surface area contributed by atoms with Crippen LogP contribution in [0, 0.1) is 0 Å². The lowest BCUT2D eigenvalue weighted by Gasteiger charge is -2.25. The van der Waals surface area contributed by atoms with Crippen LogP contribution in [0.25, 0.3) is 6.08 Å². The molecule has 4 rings (SSSR count). The average Bonchev–Trinajstić information content (AvgIpc) is 3.14. The molecule has 8 nitrogen and oxygen atoms in total. The third kappa shape index (κ3) is 5.05. The molecule has 0 amide bonds. The van der Waals surface area contributed by atoms with Crippen molar-refractivity contribution >= 4 is 45.3 Å². The quantitative estimate of drug-likeness (QED) is 0.332. The molecule has 0 N–H and O–H groups in total. The summed E-state index contributed by atoms with van der Waals surface area (Å²) in [6.45, 7) is 4.90. The summed E-state index contributed by atoms with van der Waals surface area (Å²) in [7, 11) is 1.45. The Morgan fingerprint density at radius 1 is 1.17 bits per heavy atom. The third-order valence-electron chi connectivity index (χ3n) is 5.44.